The van der Waals surface area contributed by atoms with Crippen molar-refractivity contribution < 1.29 is 52.5 Å². The largest absolute Gasteiger partial charge is 0.472 e. The standard InChI is InChI=1S/C44H73O11P/c1-3-5-7-9-11-13-14-15-16-17-18-20-22-24-30-34-44(48)54-40(38-53-56(49,50)52-36-39(46)35-45)37-51-43(47)33-29-26-25-28-32-42-41(55-42)31-27-23-21-19-12-10-8-6-4-2/h11-13,15-16,18-20,23,25,27-28,39-42,45-46H,3-10,14,17,21-22,24,26,29-38H2,1-2H3,(H,49,50)/b13-11-,16-15-,19-12-,20-18-,27-23-,28-25-/t39-,40+,41?,42?/m0/s1. The Balaban J connectivity index is 2.35. The summed E-state index contributed by atoms with van der Waals surface area (Å²) in [6.07, 6.45) is 41.9. The molecular formula is C44H73O11P. The molecule has 3 N–H and O–H groups in total. The second kappa shape index (κ2) is 35.5. The summed E-state index contributed by atoms with van der Waals surface area (Å²) in [5, 5.41) is 18.3. The second-order valence-corrected chi connectivity index (χ2v) is 15.5. The van der Waals surface area contributed by atoms with E-state index in [1.54, 1.807) is 0 Å². The lowest BCUT2D eigenvalue weighted by atomic mass is 10.1. The summed E-state index contributed by atoms with van der Waals surface area (Å²) < 4.78 is 38.3. The lowest BCUT2D eigenvalue weighted by Gasteiger charge is -2.20. The molecule has 1 fully saturated rings. The number of carbonyl (C=O) groups excluding carboxylic acids is 2. The molecule has 0 aliphatic carbocycles. The van der Waals surface area contributed by atoms with Crippen LogP contribution in [0, 0.1) is 0 Å². The number of rotatable bonds is 37. The lowest BCUT2D eigenvalue weighted by molar-refractivity contribution is -0.161. The van der Waals surface area contributed by atoms with E-state index in [1.807, 2.05) is 6.08 Å². The van der Waals surface area contributed by atoms with Crippen molar-refractivity contribution in [2.24, 2.45) is 0 Å². The number of hydrogen-bond acceptors (Lipinski definition) is 10. The maximum atomic E-state index is 12.6. The van der Waals surface area contributed by atoms with Crippen LogP contribution >= 0.6 is 7.82 Å². The fourth-order valence-corrected chi connectivity index (χ4v) is 6.12. The highest BCUT2D eigenvalue weighted by molar-refractivity contribution is 7.47. The average molecular weight is 809 g/mol. The van der Waals surface area contributed by atoms with Gasteiger partial charge in [0.1, 0.15) is 12.7 Å². The third-order valence-corrected chi connectivity index (χ3v) is 9.69. The number of epoxide rings is 1. The van der Waals surface area contributed by atoms with Gasteiger partial charge in [0.25, 0.3) is 0 Å². The zero-order valence-corrected chi connectivity index (χ0v) is 35.2. The zero-order valence-electron chi connectivity index (χ0n) is 34.3. The van der Waals surface area contributed by atoms with Gasteiger partial charge < -0.3 is 29.3 Å². The molecule has 1 aliphatic rings. The minimum Gasteiger partial charge on any atom is -0.462 e. The number of carbonyl (C=O) groups is 2. The lowest BCUT2D eigenvalue weighted by Crippen LogP contribution is -2.29. The molecular weight excluding hydrogens is 735 g/mol. The van der Waals surface area contributed by atoms with E-state index < -0.39 is 51.8 Å². The Morgan fingerprint density at radius 1 is 0.625 bits per heavy atom. The fraction of sp³-hybridized carbons (Fsp3) is 0.682. The van der Waals surface area contributed by atoms with E-state index in [0.717, 1.165) is 57.8 Å². The van der Waals surface area contributed by atoms with Gasteiger partial charge in [-0.05, 0) is 89.9 Å². The number of phosphoric acid groups is 1. The molecule has 0 aromatic carbocycles. The van der Waals surface area contributed by atoms with Gasteiger partial charge in [-0.15, -0.1) is 0 Å². The first-order valence-electron chi connectivity index (χ1n) is 21.0. The summed E-state index contributed by atoms with van der Waals surface area (Å²) in [7, 11) is -4.65. The normalized spacial score (nSPS) is 18.2. The molecule has 0 aromatic rings. The summed E-state index contributed by atoms with van der Waals surface area (Å²) in [5.41, 5.74) is 0. The van der Waals surface area contributed by atoms with Gasteiger partial charge in [-0.1, -0.05) is 112 Å². The van der Waals surface area contributed by atoms with E-state index in [2.05, 4.69) is 85.2 Å². The molecule has 0 amide bonds. The Bertz CT molecular complexity index is 1230. The third kappa shape index (κ3) is 32.5. The summed E-state index contributed by atoms with van der Waals surface area (Å²) in [6, 6.07) is 0. The predicted molar refractivity (Wildman–Crippen MR) is 223 cm³/mol. The molecule has 1 heterocycles. The number of hydrogen-bond donors (Lipinski definition) is 3. The number of aliphatic hydroxyl groups excluding tert-OH is 2. The molecule has 56 heavy (non-hydrogen) atoms. The highest BCUT2D eigenvalue weighted by Crippen LogP contribution is 2.43. The molecule has 0 spiro atoms. The molecule has 1 saturated heterocycles. The highest BCUT2D eigenvalue weighted by Gasteiger charge is 2.36. The first-order chi connectivity index (χ1) is 27.2. The van der Waals surface area contributed by atoms with Crippen molar-refractivity contribution in [2.45, 2.75) is 167 Å². The molecule has 320 valence electrons. The molecule has 3 unspecified atom stereocenters. The van der Waals surface area contributed by atoms with Crippen molar-refractivity contribution in [1.82, 2.24) is 0 Å². The average Bonchev–Trinajstić information content (AvgIpc) is 3.94. The van der Waals surface area contributed by atoms with Crippen molar-refractivity contribution in [3.8, 4) is 0 Å². The van der Waals surface area contributed by atoms with Crippen molar-refractivity contribution in [3.63, 3.8) is 0 Å². The molecule has 12 heteroatoms. The van der Waals surface area contributed by atoms with E-state index in [4.69, 9.17) is 23.8 Å². The van der Waals surface area contributed by atoms with E-state index >= 15 is 0 Å². The van der Waals surface area contributed by atoms with Crippen LogP contribution in [-0.4, -0.2) is 77.9 Å². The van der Waals surface area contributed by atoms with Crippen LogP contribution in [0.15, 0.2) is 72.9 Å². The Morgan fingerprint density at radius 3 is 1.66 bits per heavy atom. The monoisotopic (exact) mass is 808 g/mol. The summed E-state index contributed by atoms with van der Waals surface area (Å²) >= 11 is 0. The van der Waals surface area contributed by atoms with Crippen LogP contribution in [0.1, 0.15) is 142 Å². The van der Waals surface area contributed by atoms with E-state index in [0.29, 0.717) is 19.3 Å². The molecule has 1 aliphatic heterocycles. The highest BCUT2D eigenvalue weighted by atomic mass is 31.2. The summed E-state index contributed by atoms with van der Waals surface area (Å²) in [5.74, 6) is -1.05. The van der Waals surface area contributed by atoms with Crippen LogP contribution in [0.5, 0.6) is 0 Å². The Hall–Kier alpha value is -2.63. The number of aliphatic hydroxyl groups is 2. The van der Waals surface area contributed by atoms with E-state index in [1.165, 1.54) is 38.5 Å². The van der Waals surface area contributed by atoms with Crippen molar-refractivity contribution in [3.05, 3.63) is 72.9 Å². The van der Waals surface area contributed by atoms with Crippen molar-refractivity contribution in [2.75, 3.05) is 26.4 Å². The minimum absolute atomic E-state index is 0.116. The molecule has 5 atom stereocenters. The second-order valence-electron chi connectivity index (χ2n) is 14.0. The Kier molecular flexibility index (Phi) is 32.6. The number of ether oxygens (including phenoxy) is 3. The molecule has 0 aromatic heterocycles. The Morgan fingerprint density at radius 2 is 1.09 bits per heavy atom. The van der Waals surface area contributed by atoms with Crippen LogP contribution in [0.2, 0.25) is 0 Å². The van der Waals surface area contributed by atoms with Crippen LogP contribution < -0.4 is 0 Å². The first-order valence-corrected chi connectivity index (χ1v) is 22.5. The van der Waals surface area contributed by atoms with Gasteiger partial charge in [0.05, 0.1) is 32.0 Å². The number of phosphoric ester groups is 1. The summed E-state index contributed by atoms with van der Waals surface area (Å²) in [4.78, 5) is 35.0. The topological polar surface area (TPSA) is 161 Å². The van der Waals surface area contributed by atoms with Crippen LogP contribution in [0.3, 0.4) is 0 Å². The van der Waals surface area contributed by atoms with Crippen LogP contribution in [0.25, 0.3) is 0 Å². The van der Waals surface area contributed by atoms with Crippen LogP contribution in [0.4, 0.5) is 0 Å². The van der Waals surface area contributed by atoms with Crippen LogP contribution in [-0.2, 0) is 37.4 Å². The smallest absolute Gasteiger partial charge is 0.462 e. The number of esters is 2. The van der Waals surface area contributed by atoms with Crippen molar-refractivity contribution >= 4 is 19.8 Å². The molecule has 0 bridgehead atoms. The SMILES string of the molecule is CCCCC/C=C\C/C=C\C/C=C\CCCCC(=O)O[C@H](COC(=O)CCC/C=C\CC1OC1C/C=C\C/C=C\CCCCC)COP(=O)(O)OC[C@@H](O)CO. The predicted octanol–water partition coefficient (Wildman–Crippen LogP) is 9.87. The third-order valence-electron chi connectivity index (χ3n) is 8.74. The van der Waals surface area contributed by atoms with Gasteiger partial charge in [0.2, 0.25) is 0 Å². The van der Waals surface area contributed by atoms with Gasteiger partial charge in [-0.25, -0.2) is 4.57 Å². The summed E-state index contributed by atoms with van der Waals surface area (Å²) in [6.45, 7) is 2.17. The van der Waals surface area contributed by atoms with Gasteiger partial charge >= 0.3 is 19.8 Å². The quantitative estimate of drug-likeness (QED) is 0.0180. The maximum Gasteiger partial charge on any atom is 0.472 e. The van der Waals surface area contributed by atoms with E-state index in [9.17, 15) is 24.2 Å². The Labute approximate surface area is 337 Å². The van der Waals surface area contributed by atoms with E-state index in [-0.39, 0.29) is 31.7 Å². The fourth-order valence-electron chi connectivity index (χ4n) is 5.33. The van der Waals surface area contributed by atoms with Gasteiger partial charge in [-0.2, -0.15) is 0 Å². The number of allylic oxidation sites excluding steroid dienone is 10. The van der Waals surface area contributed by atoms with Gasteiger partial charge in [-0.3, -0.25) is 18.6 Å². The van der Waals surface area contributed by atoms with Gasteiger partial charge in [0.15, 0.2) is 6.10 Å². The minimum atomic E-state index is -4.65. The first kappa shape index (κ1) is 51.4. The zero-order chi connectivity index (χ0) is 41.0. The molecule has 11 nitrogen and oxygen atoms in total. The molecule has 1 rings (SSSR count). The maximum absolute atomic E-state index is 12.6. The van der Waals surface area contributed by atoms with Crippen molar-refractivity contribution in [1.29, 1.82) is 0 Å². The van der Waals surface area contributed by atoms with Gasteiger partial charge in [0, 0.05) is 12.8 Å². The molecule has 0 saturated carbocycles. The molecule has 0 radical (unpaired) electrons. The number of unbranched alkanes of at least 4 members (excludes halogenated alkanes) is 9.